The molecule has 0 unspecified atom stereocenters. The third-order valence-corrected chi connectivity index (χ3v) is 5.32. The standard InChI is InChI=1S/C23H32Cl2N2O2/c1-4-27(5-2)12-8-11-26-16-19-14-22(28-6-3)23(15-21(19)25)29-17-18-9-7-10-20(24)13-18/h7,9-10,13-15,26H,4-6,8,11-12,16-17H2,1-3H3. The molecule has 0 amide bonds. The molecule has 29 heavy (non-hydrogen) atoms. The second-order valence-corrected chi connectivity index (χ2v) is 7.64. The van der Waals surface area contributed by atoms with Crippen LogP contribution in [-0.2, 0) is 13.2 Å². The number of ether oxygens (including phenoxy) is 2. The zero-order valence-corrected chi connectivity index (χ0v) is 19.2. The minimum atomic E-state index is 0.403. The van der Waals surface area contributed by atoms with Gasteiger partial charge >= 0.3 is 0 Å². The molecule has 0 aromatic heterocycles. The highest BCUT2D eigenvalue weighted by Gasteiger charge is 2.12. The van der Waals surface area contributed by atoms with Crippen LogP contribution in [0.1, 0.15) is 38.3 Å². The summed E-state index contributed by atoms with van der Waals surface area (Å²) in [6.07, 6.45) is 1.11. The van der Waals surface area contributed by atoms with E-state index in [2.05, 4.69) is 24.1 Å². The molecule has 1 N–H and O–H groups in total. The second kappa shape index (κ2) is 13.0. The molecule has 0 radical (unpaired) electrons. The quantitative estimate of drug-likeness (QED) is 0.401. The van der Waals surface area contributed by atoms with Crippen molar-refractivity contribution >= 4 is 23.2 Å². The van der Waals surface area contributed by atoms with Crippen molar-refractivity contribution in [1.82, 2.24) is 10.2 Å². The number of halogens is 2. The molecule has 160 valence electrons. The molecule has 0 saturated carbocycles. The first kappa shape index (κ1) is 23.8. The lowest BCUT2D eigenvalue weighted by Gasteiger charge is -2.18. The van der Waals surface area contributed by atoms with Gasteiger partial charge in [-0.15, -0.1) is 0 Å². The van der Waals surface area contributed by atoms with E-state index in [-0.39, 0.29) is 0 Å². The van der Waals surface area contributed by atoms with Gasteiger partial charge in [-0.3, -0.25) is 0 Å². The van der Waals surface area contributed by atoms with E-state index in [1.807, 2.05) is 43.3 Å². The van der Waals surface area contributed by atoms with Gasteiger partial charge in [-0.05, 0) is 68.8 Å². The van der Waals surface area contributed by atoms with E-state index in [4.69, 9.17) is 32.7 Å². The SMILES string of the molecule is CCOc1cc(CNCCCN(CC)CC)c(Cl)cc1OCc1cccc(Cl)c1. The summed E-state index contributed by atoms with van der Waals surface area (Å²) in [5.74, 6) is 1.35. The Hall–Kier alpha value is -1.46. The fourth-order valence-corrected chi connectivity index (χ4v) is 3.51. The highest BCUT2D eigenvalue weighted by atomic mass is 35.5. The van der Waals surface area contributed by atoms with Crippen molar-refractivity contribution < 1.29 is 9.47 Å². The van der Waals surface area contributed by atoms with Crippen molar-refractivity contribution in [2.45, 2.75) is 40.3 Å². The predicted octanol–water partition coefficient (Wildman–Crippen LogP) is 5.79. The van der Waals surface area contributed by atoms with Gasteiger partial charge < -0.3 is 19.7 Å². The summed E-state index contributed by atoms with van der Waals surface area (Å²) in [7, 11) is 0. The molecule has 6 heteroatoms. The van der Waals surface area contributed by atoms with Gasteiger partial charge in [0.1, 0.15) is 6.61 Å². The Kier molecular flexibility index (Phi) is 10.6. The van der Waals surface area contributed by atoms with Crippen LogP contribution in [0.3, 0.4) is 0 Å². The topological polar surface area (TPSA) is 33.7 Å². The molecular formula is C23H32Cl2N2O2. The van der Waals surface area contributed by atoms with Gasteiger partial charge in [0.25, 0.3) is 0 Å². The molecule has 0 atom stereocenters. The maximum atomic E-state index is 6.51. The van der Waals surface area contributed by atoms with E-state index in [1.54, 1.807) is 0 Å². The van der Waals surface area contributed by atoms with Gasteiger partial charge in [0.15, 0.2) is 11.5 Å². The first-order valence-electron chi connectivity index (χ1n) is 10.3. The molecular weight excluding hydrogens is 407 g/mol. The van der Waals surface area contributed by atoms with Crippen molar-refractivity contribution in [3.63, 3.8) is 0 Å². The van der Waals surface area contributed by atoms with E-state index >= 15 is 0 Å². The first-order valence-corrected chi connectivity index (χ1v) is 11.1. The minimum Gasteiger partial charge on any atom is -0.490 e. The third kappa shape index (κ3) is 8.06. The molecule has 2 rings (SSSR count). The van der Waals surface area contributed by atoms with E-state index < -0.39 is 0 Å². The molecule has 0 saturated heterocycles. The Morgan fingerprint density at radius 3 is 2.41 bits per heavy atom. The van der Waals surface area contributed by atoms with Gasteiger partial charge in [0, 0.05) is 22.7 Å². The van der Waals surface area contributed by atoms with Crippen molar-refractivity contribution in [3.8, 4) is 11.5 Å². The van der Waals surface area contributed by atoms with Crippen molar-refractivity contribution in [1.29, 1.82) is 0 Å². The average Bonchev–Trinajstić information content (AvgIpc) is 2.71. The average molecular weight is 439 g/mol. The molecule has 4 nitrogen and oxygen atoms in total. The summed E-state index contributed by atoms with van der Waals surface area (Å²) >= 11 is 12.6. The van der Waals surface area contributed by atoms with Crippen LogP contribution in [0.25, 0.3) is 0 Å². The molecule has 0 spiro atoms. The maximum Gasteiger partial charge on any atom is 0.163 e. The number of nitrogens with zero attached hydrogens (tertiary/aromatic N) is 1. The largest absolute Gasteiger partial charge is 0.490 e. The highest BCUT2D eigenvalue weighted by Crippen LogP contribution is 2.34. The van der Waals surface area contributed by atoms with Crippen LogP contribution >= 0.6 is 23.2 Å². The van der Waals surface area contributed by atoms with Gasteiger partial charge in [0.2, 0.25) is 0 Å². The number of nitrogens with one attached hydrogen (secondary N) is 1. The Morgan fingerprint density at radius 1 is 0.966 bits per heavy atom. The van der Waals surface area contributed by atoms with Crippen LogP contribution in [0.4, 0.5) is 0 Å². The summed E-state index contributed by atoms with van der Waals surface area (Å²) in [6, 6.07) is 11.4. The number of rotatable bonds is 13. The number of benzene rings is 2. The molecule has 0 aliphatic rings. The minimum absolute atomic E-state index is 0.403. The number of hydrogen-bond acceptors (Lipinski definition) is 4. The van der Waals surface area contributed by atoms with Crippen LogP contribution in [0.15, 0.2) is 36.4 Å². The summed E-state index contributed by atoms with van der Waals surface area (Å²) < 4.78 is 11.8. The normalized spacial score (nSPS) is 11.1. The summed E-state index contributed by atoms with van der Waals surface area (Å²) in [6.45, 7) is 12.3. The van der Waals surface area contributed by atoms with Crippen molar-refractivity contribution in [2.24, 2.45) is 0 Å². The van der Waals surface area contributed by atoms with Gasteiger partial charge in [-0.2, -0.15) is 0 Å². The molecule has 0 aliphatic carbocycles. The van der Waals surface area contributed by atoms with Crippen LogP contribution in [-0.4, -0.2) is 37.7 Å². The lowest BCUT2D eigenvalue weighted by molar-refractivity contribution is 0.269. The van der Waals surface area contributed by atoms with Crippen molar-refractivity contribution in [3.05, 3.63) is 57.6 Å². The molecule has 0 heterocycles. The zero-order valence-electron chi connectivity index (χ0n) is 17.6. The smallest absolute Gasteiger partial charge is 0.163 e. The lowest BCUT2D eigenvalue weighted by atomic mass is 10.2. The number of hydrogen-bond donors (Lipinski definition) is 1. The summed E-state index contributed by atoms with van der Waals surface area (Å²) in [5, 5.41) is 4.84. The van der Waals surface area contributed by atoms with Crippen LogP contribution in [0.2, 0.25) is 10.0 Å². The van der Waals surface area contributed by atoms with E-state index in [0.29, 0.717) is 41.3 Å². The Bertz CT molecular complexity index is 752. The maximum absolute atomic E-state index is 6.51. The predicted molar refractivity (Wildman–Crippen MR) is 123 cm³/mol. The van der Waals surface area contributed by atoms with Gasteiger partial charge in [-0.25, -0.2) is 0 Å². The molecule has 0 bridgehead atoms. The second-order valence-electron chi connectivity index (χ2n) is 6.80. The van der Waals surface area contributed by atoms with Crippen LogP contribution < -0.4 is 14.8 Å². The highest BCUT2D eigenvalue weighted by molar-refractivity contribution is 6.31. The molecule has 2 aromatic carbocycles. The fourth-order valence-electron chi connectivity index (χ4n) is 3.07. The van der Waals surface area contributed by atoms with Crippen LogP contribution in [0, 0.1) is 0 Å². The lowest BCUT2D eigenvalue weighted by Crippen LogP contribution is -2.27. The fraction of sp³-hybridized carbons (Fsp3) is 0.478. The zero-order chi connectivity index (χ0) is 21.1. The molecule has 0 fully saturated rings. The van der Waals surface area contributed by atoms with Crippen LogP contribution in [0.5, 0.6) is 11.5 Å². The summed E-state index contributed by atoms with van der Waals surface area (Å²) in [5.41, 5.74) is 2.00. The van der Waals surface area contributed by atoms with Gasteiger partial charge in [0.05, 0.1) is 6.61 Å². The van der Waals surface area contributed by atoms with Gasteiger partial charge in [-0.1, -0.05) is 49.2 Å². The first-order chi connectivity index (χ1) is 14.1. The molecule has 0 aliphatic heterocycles. The Labute approximate surface area is 185 Å². The Balaban J connectivity index is 1.95. The monoisotopic (exact) mass is 438 g/mol. The third-order valence-electron chi connectivity index (χ3n) is 4.73. The molecule has 2 aromatic rings. The van der Waals surface area contributed by atoms with E-state index in [0.717, 1.165) is 43.7 Å². The van der Waals surface area contributed by atoms with E-state index in [1.165, 1.54) is 0 Å². The summed E-state index contributed by atoms with van der Waals surface area (Å²) in [4.78, 5) is 2.42. The Morgan fingerprint density at radius 2 is 1.72 bits per heavy atom. The van der Waals surface area contributed by atoms with Crippen molar-refractivity contribution in [2.75, 3.05) is 32.8 Å². The van der Waals surface area contributed by atoms with E-state index in [9.17, 15) is 0 Å².